The van der Waals surface area contributed by atoms with Crippen molar-refractivity contribution in [1.82, 2.24) is 9.55 Å². The minimum Gasteiger partial charge on any atom is -0.274 e. The molecule has 0 saturated carbocycles. The Hall–Kier alpha value is -0.770. The van der Waals surface area contributed by atoms with E-state index < -0.39 is 0 Å². The van der Waals surface area contributed by atoms with Crippen LogP contribution in [-0.4, -0.2) is 21.2 Å². The first-order chi connectivity index (χ1) is 4.88. The number of carbonyl (C=O) groups excluding carboxylic acids is 1. The molecule has 0 fully saturated rings. The molecular formula is C6H6N2OS. The van der Waals surface area contributed by atoms with Crippen molar-refractivity contribution >= 4 is 17.7 Å². The van der Waals surface area contributed by atoms with E-state index in [1.807, 2.05) is 0 Å². The lowest BCUT2D eigenvalue weighted by Gasteiger charge is -2.10. The molecule has 0 aliphatic carbocycles. The highest BCUT2D eigenvalue weighted by atomic mass is 32.2. The Kier molecular flexibility index (Phi) is 1.27. The summed E-state index contributed by atoms with van der Waals surface area (Å²) in [6.07, 6.45) is 3.93. The van der Waals surface area contributed by atoms with Crippen LogP contribution in [-0.2, 0) is 0 Å². The molecule has 0 atom stereocenters. The zero-order valence-electron chi connectivity index (χ0n) is 5.28. The fraction of sp³-hybridized carbons (Fsp3) is 0.333. The predicted octanol–water partition coefficient (Wildman–Crippen LogP) is 1.02. The van der Waals surface area contributed by atoms with Gasteiger partial charge in [-0.15, -0.1) is 11.8 Å². The molecule has 10 heavy (non-hydrogen) atoms. The molecule has 0 unspecified atom stereocenters. The second kappa shape index (κ2) is 2.12. The highest BCUT2D eigenvalue weighted by Gasteiger charge is 2.15. The van der Waals surface area contributed by atoms with Gasteiger partial charge in [0.25, 0.3) is 0 Å². The Labute approximate surface area is 62.4 Å². The zero-order chi connectivity index (χ0) is 6.97. The summed E-state index contributed by atoms with van der Waals surface area (Å²) < 4.78 is 1.61. The van der Waals surface area contributed by atoms with Gasteiger partial charge in [-0.1, -0.05) is 0 Å². The lowest BCUT2D eigenvalue weighted by atomic mass is 10.4. The third kappa shape index (κ3) is 0.759. The van der Waals surface area contributed by atoms with E-state index in [0.29, 0.717) is 6.42 Å². The van der Waals surface area contributed by atoms with E-state index in [9.17, 15) is 4.79 Å². The Morgan fingerprint density at radius 1 is 1.70 bits per heavy atom. The van der Waals surface area contributed by atoms with Crippen molar-refractivity contribution in [3.63, 3.8) is 0 Å². The number of imidazole rings is 1. The fourth-order valence-corrected chi connectivity index (χ4v) is 1.85. The quantitative estimate of drug-likeness (QED) is 0.559. The number of nitrogens with zero attached hydrogens (tertiary/aromatic N) is 2. The van der Waals surface area contributed by atoms with Crippen LogP contribution in [0.25, 0.3) is 0 Å². The summed E-state index contributed by atoms with van der Waals surface area (Å²) in [5.74, 6) is 1.05. The molecule has 1 aromatic heterocycles. The Morgan fingerprint density at radius 2 is 2.60 bits per heavy atom. The molecule has 0 amide bonds. The molecule has 0 radical (unpaired) electrons. The Morgan fingerprint density at radius 3 is 3.40 bits per heavy atom. The van der Waals surface area contributed by atoms with Gasteiger partial charge in [0.15, 0.2) is 0 Å². The SMILES string of the molecule is O=C1CCSc2cncn21. The van der Waals surface area contributed by atoms with E-state index in [0.717, 1.165) is 10.8 Å². The molecule has 4 heteroatoms. The van der Waals surface area contributed by atoms with Crippen LogP contribution < -0.4 is 0 Å². The van der Waals surface area contributed by atoms with Crippen LogP contribution in [0, 0.1) is 0 Å². The van der Waals surface area contributed by atoms with E-state index in [2.05, 4.69) is 4.98 Å². The number of fused-ring (bicyclic) bond motifs is 1. The normalized spacial score (nSPS) is 17.0. The first-order valence-electron chi connectivity index (χ1n) is 3.06. The molecule has 0 saturated heterocycles. The number of hydrogen-bond acceptors (Lipinski definition) is 3. The number of hydrogen-bond donors (Lipinski definition) is 0. The first-order valence-corrected chi connectivity index (χ1v) is 4.05. The monoisotopic (exact) mass is 154 g/mol. The van der Waals surface area contributed by atoms with Crippen molar-refractivity contribution < 1.29 is 4.79 Å². The van der Waals surface area contributed by atoms with E-state index in [1.165, 1.54) is 0 Å². The standard InChI is InChI=1S/C6H6N2OS/c9-5-1-2-10-6-3-7-4-8(5)6/h3-4H,1-2H2. The van der Waals surface area contributed by atoms with Crippen LogP contribution >= 0.6 is 11.8 Å². The van der Waals surface area contributed by atoms with Gasteiger partial charge in [0.2, 0.25) is 5.91 Å². The average molecular weight is 154 g/mol. The predicted molar refractivity (Wildman–Crippen MR) is 38.2 cm³/mol. The Balaban J connectivity index is 2.50. The number of rotatable bonds is 0. The maximum absolute atomic E-state index is 11.1. The van der Waals surface area contributed by atoms with Gasteiger partial charge in [0, 0.05) is 12.2 Å². The van der Waals surface area contributed by atoms with Gasteiger partial charge in [-0.05, 0) is 0 Å². The summed E-state index contributed by atoms with van der Waals surface area (Å²) in [5.41, 5.74) is 0. The topological polar surface area (TPSA) is 34.9 Å². The number of thioether (sulfide) groups is 1. The molecule has 1 aliphatic rings. The summed E-state index contributed by atoms with van der Waals surface area (Å²) in [6, 6.07) is 0. The van der Waals surface area contributed by atoms with Gasteiger partial charge in [0.1, 0.15) is 11.4 Å². The summed E-state index contributed by atoms with van der Waals surface area (Å²) in [6.45, 7) is 0. The number of carbonyl (C=O) groups is 1. The first kappa shape index (κ1) is 5.97. The second-order valence-corrected chi connectivity index (χ2v) is 3.21. The summed E-state index contributed by atoms with van der Waals surface area (Å²) in [5, 5.41) is 0.969. The van der Waals surface area contributed by atoms with Crippen LogP contribution in [0.5, 0.6) is 0 Å². The van der Waals surface area contributed by atoms with E-state index in [4.69, 9.17) is 0 Å². The van der Waals surface area contributed by atoms with Crippen LogP contribution in [0.4, 0.5) is 0 Å². The maximum Gasteiger partial charge on any atom is 0.233 e. The summed E-state index contributed by atoms with van der Waals surface area (Å²) >= 11 is 1.68. The molecule has 3 nitrogen and oxygen atoms in total. The van der Waals surface area contributed by atoms with Crippen molar-refractivity contribution in [2.24, 2.45) is 0 Å². The van der Waals surface area contributed by atoms with Crippen LogP contribution in [0.1, 0.15) is 11.2 Å². The van der Waals surface area contributed by atoms with Gasteiger partial charge in [-0.2, -0.15) is 0 Å². The summed E-state index contributed by atoms with van der Waals surface area (Å²) in [4.78, 5) is 14.9. The van der Waals surface area contributed by atoms with Crippen molar-refractivity contribution in [2.75, 3.05) is 5.75 Å². The maximum atomic E-state index is 11.1. The molecule has 0 bridgehead atoms. The molecule has 1 aliphatic heterocycles. The largest absolute Gasteiger partial charge is 0.274 e. The van der Waals surface area contributed by atoms with E-state index >= 15 is 0 Å². The molecule has 2 rings (SSSR count). The van der Waals surface area contributed by atoms with Crippen molar-refractivity contribution in [3.8, 4) is 0 Å². The molecule has 0 N–H and O–H groups in total. The highest BCUT2D eigenvalue weighted by Crippen LogP contribution is 2.23. The second-order valence-electron chi connectivity index (χ2n) is 2.09. The molecule has 2 heterocycles. The van der Waals surface area contributed by atoms with E-state index in [1.54, 1.807) is 28.9 Å². The number of aromatic nitrogens is 2. The van der Waals surface area contributed by atoms with Gasteiger partial charge in [-0.3, -0.25) is 9.36 Å². The van der Waals surface area contributed by atoms with Gasteiger partial charge in [0.05, 0.1) is 6.20 Å². The van der Waals surface area contributed by atoms with Crippen molar-refractivity contribution in [2.45, 2.75) is 11.4 Å². The van der Waals surface area contributed by atoms with Gasteiger partial charge >= 0.3 is 0 Å². The zero-order valence-corrected chi connectivity index (χ0v) is 6.10. The lowest BCUT2D eigenvalue weighted by molar-refractivity contribution is 0.0897. The van der Waals surface area contributed by atoms with Gasteiger partial charge < -0.3 is 0 Å². The molecule has 1 aromatic rings. The molecule has 0 spiro atoms. The highest BCUT2D eigenvalue weighted by molar-refractivity contribution is 7.99. The molecule has 52 valence electrons. The van der Waals surface area contributed by atoms with E-state index in [-0.39, 0.29) is 5.91 Å². The Bertz CT molecular complexity index is 268. The van der Waals surface area contributed by atoms with Crippen LogP contribution in [0.2, 0.25) is 0 Å². The minimum absolute atomic E-state index is 0.159. The smallest absolute Gasteiger partial charge is 0.233 e. The molecule has 0 aromatic carbocycles. The third-order valence-electron chi connectivity index (χ3n) is 1.44. The fourth-order valence-electron chi connectivity index (χ4n) is 0.940. The third-order valence-corrected chi connectivity index (χ3v) is 2.45. The van der Waals surface area contributed by atoms with Crippen LogP contribution in [0.3, 0.4) is 0 Å². The average Bonchev–Trinajstić information content (AvgIpc) is 2.36. The summed E-state index contributed by atoms with van der Waals surface area (Å²) in [7, 11) is 0. The van der Waals surface area contributed by atoms with Crippen molar-refractivity contribution in [3.05, 3.63) is 12.5 Å². The molecular weight excluding hydrogens is 148 g/mol. The lowest BCUT2D eigenvalue weighted by Crippen LogP contribution is -2.15. The van der Waals surface area contributed by atoms with Gasteiger partial charge in [-0.25, -0.2) is 4.98 Å². The van der Waals surface area contributed by atoms with Crippen LogP contribution in [0.15, 0.2) is 17.6 Å². The van der Waals surface area contributed by atoms with Crippen molar-refractivity contribution in [1.29, 1.82) is 0 Å². The minimum atomic E-state index is 0.159.